The van der Waals surface area contributed by atoms with E-state index in [4.69, 9.17) is 0 Å². The maximum absolute atomic E-state index is 11.2. The highest BCUT2D eigenvalue weighted by Gasteiger charge is 2.38. The number of hydrogen-bond donors (Lipinski definition) is 2. The molecule has 8 nitrogen and oxygen atoms in total. The van der Waals surface area contributed by atoms with Crippen molar-refractivity contribution < 1.29 is 5.11 Å². The van der Waals surface area contributed by atoms with Crippen LogP contribution in [0.2, 0.25) is 0 Å². The van der Waals surface area contributed by atoms with Gasteiger partial charge in [0.1, 0.15) is 29.1 Å². The van der Waals surface area contributed by atoms with E-state index in [9.17, 15) is 5.11 Å². The minimum atomic E-state index is -1.01. The molecule has 1 unspecified atom stereocenters. The van der Waals surface area contributed by atoms with Gasteiger partial charge in [-0.1, -0.05) is 5.21 Å². The molecule has 2 N–H and O–H groups in total. The lowest BCUT2D eigenvalue weighted by molar-refractivity contribution is 0.0175. The number of H-pyrrole nitrogens is 1. The molecule has 24 heavy (non-hydrogen) atoms. The van der Waals surface area contributed by atoms with E-state index in [0.717, 1.165) is 29.8 Å². The number of aromatic nitrogens is 6. The van der Waals surface area contributed by atoms with Crippen LogP contribution in [0.15, 0.2) is 24.8 Å². The summed E-state index contributed by atoms with van der Waals surface area (Å²) in [7, 11) is 0. The second kappa shape index (κ2) is 5.55. The third-order valence-corrected chi connectivity index (χ3v) is 4.62. The van der Waals surface area contributed by atoms with Gasteiger partial charge in [0, 0.05) is 18.8 Å². The maximum atomic E-state index is 11.2. The van der Waals surface area contributed by atoms with Gasteiger partial charge >= 0.3 is 0 Å². The Labute approximate surface area is 139 Å². The maximum Gasteiger partial charge on any atom is 0.142 e. The number of aliphatic hydroxyl groups is 1. The van der Waals surface area contributed by atoms with E-state index in [1.165, 1.54) is 0 Å². The highest BCUT2D eigenvalue weighted by Crippen LogP contribution is 2.34. The van der Waals surface area contributed by atoms with E-state index in [1.54, 1.807) is 11.0 Å². The van der Waals surface area contributed by atoms with Crippen LogP contribution in [-0.4, -0.2) is 48.1 Å². The van der Waals surface area contributed by atoms with Gasteiger partial charge < -0.3 is 15.0 Å². The first-order chi connectivity index (χ1) is 11.6. The van der Waals surface area contributed by atoms with Gasteiger partial charge in [0.25, 0.3) is 0 Å². The van der Waals surface area contributed by atoms with Crippen LogP contribution in [-0.2, 0) is 5.60 Å². The van der Waals surface area contributed by atoms with Crippen molar-refractivity contribution in [2.75, 3.05) is 18.0 Å². The van der Waals surface area contributed by atoms with Crippen LogP contribution < -0.4 is 4.90 Å². The second-order valence-electron chi connectivity index (χ2n) is 6.67. The van der Waals surface area contributed by atoms with E-state index in [2.05, 4.69) is 30.2 Å². The first kappa shape index (κ1) is 15.1. The zero-order chi connectivity index (χ0) is 16.7. The monoisotopic (exact) mass is 327 g/mol. The van der Waals surface area contributed by atoms with E-state index in [0.29, 0.717) is 18.7 Å². The molecule has 4 rings (SSSR count). The summed E-state index contributed by atoms with van der Waals surface area (Å²) in [6.07, 6.45) is 6.78. The van der Waals surface area contributed by atoms with Crippen molar-refractivity contribution in [3.05, 3.63) is 30.5 Å². The van der Waals surface area contributed by atoms with Crippen molar-refractivity contribution in [1.29, 1.82) is 0 Å². The predicted octanol–water partition coefficient (Wildman–Crippen LogP) is 1.62. The standard InChI is InChI=1S/C16H21N7O/c1-11(2)23-8-13(20-21-23)16(24)5-3-7-22(9-16)15-12-4-6-17-14(12)18-10-19-15/h4,6,8,10-11,24H,3,5,7,9H2,1-2H3,(H,17,18,19). The Balaban J connectivity index is 1.66. The number of β-amino-alcohol motifs (C(OH)–C–C–N with tert-alkyl or cyclic N) is 1. The van der Waals surface area contributed by atoms with Gasteiger partial charge in [-0.05, 0) is 32.8 Å². The highest BCUT2D eigenvalue weighted by molar-refractivity contribution is 5.87. The topological polar surface area (TPSA) is 95.8 Å². The molecule has 8 heteroatoms. The molecule has 3 aromatic heterocycles. The minimum absolute atomic E-state index is 0.218. The lowest BCUT2D eigenvalue weighted by Crippen LogP contribution is -2.46. The Kier molecular flexibility index (Phi) is 3.49. The second-order valence-corrected chi connectivity index (χ2v) is 6.67. The third-order valence-electron chi connectivity index (χ3n) is 4.62. The number of aromatic amines is 1. The molecule has 1 atom stereocenters. The fourth-order valence-corrected chi connectivity index (χ4v) is 3.28. The van der Waals surface area contributed by atoms with Crippen molar-refractivity contribution in [3.8, 4) is 0 Å². The van der Waals surface area contributed by atoms with Crippen molar-refractivity contribution in [2.45, 2.75) is 38.3 Å². The molecule has 1 fully saturated rings. The summed E-state index contributed by atoms with van der Waals surface area (Å²) in [5.74, 6) is 0.843. The largest absolute Gasteiger partial charge is 0.382 e. The smallest absolute Gasteiger partial charge is 0.142 e. The van der Waals surface area contributed by atoms with Crippen LogP contribution in [0.4, 0.5) is 5.82 Å². The SMILES string of the molecule is CC(C)n1cc(C2(O)CCCN(c3ncnc4[nH]ccc34)C2)nn1. The van der Waals surface area contributed by atoms with Crippen LogP contribution >= 0.6 is 0 Å². The van der Waals surface area contributed by atoms with Crippen LogP contribution in [0, 0.1) is 0 Å². The van der Waals surface area contributed by atoms with E-state index < -0.39 is 5.60 Å². The Morgan fingerprint density at radius 1 is 1.33 bits per heavy atom. The van der Waals surface area contributed by atoms with Crippen molar-refractivity contribution in [2.24, 2.45) is 0 Å². The zero-order valence-corrected chi connectivity index (χ0v) is 13.8. The summed E-state index contributed by atoms with van der Waals surface area (Å²) < 4.78 is 1.78. The number of rotatable bonds is 3. The first-order valence-electron chi connectivity index (χ1n) is 8.24. The molecular weight excluding hydrogens is 306 g/mol. The lowest BCUT2D eigenvalue weighted by atomic mass is 9.90. The molecule has 1 aliphatic rings. The Hall–Kier alpha value is -2.48. The van der Waals surface area contributed by atoms with Crippen LogP contribution in [0.1, 0.15) is 38.4 Å². The van der Waals surface area contributed by atoms with E-state index in [1.807, 2.05) is 32.3 Å². The minimum Gasteiger partial charge on any atom is -0.382 e. The number of nitrogens with one attached hydrogen (secondary N) is 1. The average molecular weight is 327 g/mol. The summed E-state index contributed by atoms with van der Waals surface area (Å²) >= 11 is 0. The summed E-state index contributed by atoms with van der Waals surface area (Å²) in [4.78, 5) is 13.9. The molecule has 0 radical (unpaired) electrons. The molecule has 4 heterocycles. The third kappa shape index (κ3) is 2.43. The summed E-state index contributed by atoms with van der Waals surface area (Å²) in [6, 6.07) is 2.18. The Bertz CT molecular complexity index is 855. The molecule has 3 aromatic rings. The number of hydrogen-bond acceptors (Lipinski definition) is 6. The molecule has 1 saturated heterocycles. The van der Waals surface area contributed by atoms with Gasteiger partial charge in [-0.2, -0.15) is 0 Å². The van der Waals surface area contributed by atoms with Crippen molar-refractivity contribution in [1.82, 2.24) is 29.9 Å². The molecular formula is C16H21N7O. The summed E-state index contributed by atoms with van der Waals surface area (Å²) in [5, 5.41) is 20.5. The number of piperidine rings is 1. The molecule has 0 saturated carbocycles. The fourth-order valence-electron chi connectivity index (χ4n) is 3.28. The predicted molar refractivity (Wildman–Crippen MR) is 89.6 cm³/mol. The van der Waals surface area contributed by atoms with Crippen LogP contribution in [0.3, 0.4) is 0 Å². The number of fused-ring (bicyclic) bond motifs is 1. The lowest BCUT2D eigenvalue weighted by Gasteiger charge is -2.38. The average Bonchev–Trinajstić information content (AvgIpc) is 3.24. The van der Waals surface area contributed by atoms with Crippen LogP contribution in [0.25, 0.3) is 11.0 Å². The molecule has 1 aliphatic heterocycles. The van der Waals surface area contributed by atoms with E-state index in [-0.39, 0.29) is 6.04 Å². The molecule has 0 spiro atoms. The van der Waals surface area contributed by atoms with Gasteiger partial charge in [0.15, 0.2) is 0 Å². The van der Waals surface area contributed by atoms with Gasteiger partial charge in [-0.25, -0.2) is 14.6 Å². The summed E-state index contributed by atoms with van der Waals surface area (Å²) in [5.41, 5.74) is 0.416. The van der Waals surface area contributed by atoms with Gasteiger partial charge in [-0.3, -0.25) is 0 Å². The molecule has 0 bridgehead atoms. The normalized spacial score (nSPS) is 21.8. The highest BCUT2D eigenvalue weighted by atomic mass is 16.3. The fraction of sp³-hybridized carbons (Fsp3) is 0.500. The van der Waals surface area contributed by atoms with Crippen molar-refractivity contribution >= 4 is 16.9 Å². The summed E-state index contributed by atoms with van der Waals surface area (Å²) in [6.45, 7) is 5.37. The van der Waals surface area contributed by atoms with Gasteiger partial charge in [0.05, 0.1) is 18.1 Å². The van der Waals surface area contributed by atoms with Crippen LogP contribution in [0.5, 0.6) is 0 Å². The van der Waals surface area contributed by atoms with Crippen molar-refractivity contribution in [3.63, 3.8) is 0 Å². The van der Waals surface area contributed by atoms with E-state index >= 15 is 0 Å². The molecule has 0 amide bonds. The first-order valence-corrected chi connectivity index (χ1v) is 8.24. The Morgan fingerprint density at radius 3 is 3.00 bits per heavy atom. The quantitative estimate of drug-likeness (QED) is 0.759. The zero-order valence-electron chi connectivity index (χ0n) is 13.8. The molecule has 0 aromatic carbocycles. The number of anilines is 1. The number of nitrogens with zero attached hydrogens (tertiary/aromatic N) is 6. The Morgan fingerprint density at radius 2 is 2.21 bits per heavy atom. The van der Waals surface area contributed by atoms with Gasteiger partial charge in [-0.15, -0.1) is 5.10 Å². The molecule has 0 aliphatic carbocycles. The molecule has 126 valence electrons. The van der Waals surface area contributed by atoms with Gasteiger partial charge in [0.2, 0.25) is 0 Å².